The maximum Gasteiger partial charge on any atom is 0.250 e. The molecular weight excluding hydrogens is 362 g/mol. The summed E-state index contributed by atoms with van der Waals surface area (Å²) in [4.78, 5) is 2.22. The quantitative estimate of drug-likeness (QED) is 0.702. The summed E-state index contributed by atoms with van der Waals surface area (Å²) < 4.78 is 32.5. The second-order valence-corrected chi connectivity index (χ2v) is 9.36. The molecular formula is C14H12ClNO3S3. The van der Waals surface area contributed by atoms with Crippen LogP contribution in [0.4, 0.5) is 0 Å². The van der Waals surface area contributed by atoms with E-state index in [0.717, 1.165) is 26.7 Å². The van der Waals surface area contributed by atoms with Crippen molar-refractivity contribution in [2.75, 3.05) is 6.54 Å². The second kappa shape index (κ2) is 6.55. The highest BCUT2D eigenvalue weighted by molar-refractivity contribution is 7.91. The molecule has 1 N–H and O–H groups in total. The number of sulfonamides is 1. The predicted octanol–water partition coefficient (Wildman–Crippen LogP) is 4.24. The molecule has 22 heavy (non-hydrogen) atoms. The monoisotopic (exact) mass is 373 g/mol. The van der Waals surface area contributed by atoms with E-state index in [1.165, 1.54) is 6.07 Å². The molecule has 4 nitrogen and oxygen atoms in total. The Morgan fingerprint density at radius 3 is 2.68 bits per heavy atom. The number of hydrogen-bond donors (Lipinski definition) is 1. The van der Waals surface area contributed by atoms with Crippen LogP contribution in [-0.4, -0.2) is 15.0 Å². The van der Waals surface area contributed by atoms with Gasteiger partial charge in [-0.2, -0.15) is 0 Å². The van der Waals surface area contributed by atoms with Crippen LogP contribution < -0.4 is 4.72 Å². The minimum atomic E-state index is -3.47. The summed E-state index contributed by atoms with van der Waals surface area (Å²) in [5.74, 6) is 0. The number of rotatable bonds is 6. The molecule has 3 aromatic heterocycles. The highest BCUT2D eigenvalue weighted by Gasteiger charge is 2.16. The normalized spacial score (nSPS) is 11.9. The molecule has 3 aromatic rings. The van der Waals surface area contributed by atoms with Gasteiger partial charge in [0.1, 0.15) is 4.21 Å². The number of hydrogen-bond acceptors (Lipinski definition) is 5. The standard InChI is InChI=1S/C14H12ClNO3S3/c15-13-3-4-14(21-13)22(17,18)16-7-5-11-1-2-12(20-11)10-6-8-19-9-10/h1-4,6,8-9,16H,5,7H2. The van der Waals surface area contributed by atoms with Gasteiger partial charge in [-0.15, -0.1) is 22.7 Å². The Balaban J connectivity index is 1.59. The minimum absolute atomic E-state index is 0.239. The smallest absolute Gasteiger partial charge is 0.250 e. The van der Waals surface area contributed by atoms with Crippen LogP contribution in [0.15, 0.2) is 51.5 Å². The van der Waals surface area contributed by atoms with Gasteiger partial charge < -0.3 is 4.42 Å². The lowest BCUT2D eigenvalue weighted by molar-refractivity contribution is 0.568. The number of furan rings is 1. The molecule has 0 aromatic carbocycles. The van der Waals surface area contributed by atoms with Crippen molar-refractivity contribution in [3.63, 3.8) is 0 Å². The van der Waals surface area contributed by atoms with Crippen LogP contribution in [-0.2, 0) is 16.4 Å². The fourth-order valence-corrected chi connectivity index (χ4v) is 5.45. The van der Waals surface area contributed by atoms with Crippen molar-refractivity contribution in [2.45, 2.75) is 10.6 Å². The van der Waals surface area contributed by atoms with Crippen molar-refractivity contribution in [2.24, 2.45) is 0 Å². The molecule has 3 heterocycles. The summed E-state index contributed by atoms with van der Waals surface area (Å²) >= 11 is 8.45. The van der Waals surface area contributed by atoms with E-state index in [1.807, 2.05) is 18.2 Å². The van der Waals surface area contributed by atoms with E-state index in [-0.39, 0.29) is 4.21 Å². The highest BCUT2D eigenvalue weighted by Crippen LogP contribution is 2.29. The van der Waals surface area contributed by atoms with Gasteiger partial charge in [0.05, 0.1) is 16.9 Å². The summed E-state index contributed by atoms with van der Waals surface area (Å²) in [6, 6.07) is 9.01. The van der Waals surface area contributed by atoms with Crippen molar-refractivity contribution >= 4 is 44.3 Å². The molecule has 0 saturated heterocycles. The summed E-state index contributed by atoms with van der Waals surface area (Å²) in [5, 5.41) is 0. The molecule has 0 saturated carbocycles. The second-order valence-electron chi connectivity index (χ2n) is 4.48. The van der Waals surface area contributed by atoms with Crippen LogP contribution in [0.1, 0.15) is 4.88 Å². The molecule has 3 rings (SSSR count). The first-order chi connectivity index (χ1) is 10.5. The predicted molar refractivity (Wildman–Crippen MR) is 90.2 cm³/mol. The van der Waals surface area contributed by atoms with Crippen molar-refractivity contribution in [3.8, 4) is 10.4 Å². The van der Waals surface area contributed by atoms with E-state index in [0.29, 0.717) is 17.3 Å². The van der Waals surface area contributed by atoms with Crippen LogP contribution in [0.3, 0.4) is 0 Å². The van der Waals surface area contributed by atoms with Gasteiger partial charge in [-0.3, -0.25) is 0 Å². The molecule has 0 radical (unpaired) electrons. The summed E-state index contributed by atoms with van der Waals surface area (Å²) in [7, 11) is -3.47. The molecule has 0 spiro atoms. The average Bonchev–Trinajstić information content (AvgIpc) is 3.18. The molecule has 0 bridgehead atoms. The zero-order valence-corrected chi connectivity index (χ0v) is 14.5. The molecule has 0 unspecified atom stereocenters. The van der Waals surface area contributed by atoms with Crippen molar-refractivity contribution in [3.05, 3.63) is 52.1 Å². The van der Waals surface area contributed by atoms with E-state index in [4.69, 9.17) is 16.0 Å². The van der Waals surface area contributed by atoms with Gasteiger partial charge >= 0.3 is 0 Å². The maximum absolute atomic E-state index is 12.1. The van der Waals surface area contributed by atoms with Crippen molar-refractivity contribution < 1.29 is 12.8 Å². The Hall–Kier alpha value is -1.12. The molecule has 0 atom stereocenters. The molecule has 0 fully saturated rings. The first-order valence-electron chi connectivity index (χ1n) is 6.41. The number of halogens is 1. The molecule has 116 valence electrons. The van der Waals surface area contributed by atoms with E-state index >= 15 is 0 Å². The number of nitrogens with one attached hydrogen (secondary N) is 1. The van der Waals surface area contributed by atoms with E-state index in [1.54, 1.807) is 29.9 Å². The summed E-state index contributed by atoms with van der Waals surface area (Å²) in [6.07, 6.45) is 3.97. The fourth-order valence-electron chi connectivity index (χ4n) is 1.89. The van der Waals surface area contributed by atoms with Gasteiger partial charge in [-0.25, -0.2) is 13.1 Å². The Labute approximate surface area is 141 Å². The zero-order valence-electron chi connectivity index (χ0n) is 11.3. The Kier molecular flexibility index (Phi) is 4.70. The third-order valence-corrected chi connectivity index (χ3v) is 7.32. The molecule has 0 aliphatic carbocycles. The van der Waals surface area contributed by atoms with Gasteiger partial charge in [0, 0.05) is 21.9 Å². The largest absolute Gasteiger partial charge is 0.472 e. The van der Waals surface area contributed by atoms with Crippen molar-refractivity contribution in [1.82, 2.24) is 4.72 Å². The van der Waals surface area contributed by atoms with Gasteiger partial charge in [0.25, 0.3) is 0 Å². The van der Waals surface area contributed by atoms with Crippen LogP contribution >= 0.6 is 34.3 Å². The number of thiophene rings is 2. The molecule has 0 aliphatic rings. The van der Waals surface area contributed by atoms with Crippen LogP contribution in [0.5, 0.6) is 0 Å². The van der Waals surface area contributed by atoms with Gasteiger partial charge in [-0.05, 0) is 36.8 Å². The van der Waals surface area contributed by atoms with Gasteiger partial charge in [-0.1, -0.05) is 11.6 Å². The Morgan fingerprint density at radius 2 is 2.00 bits per heavy atom. The first kappa shape index (κ1) is 15.8. The third kappa shape index (κ3) is 3.61. The summed E-state index contributed by atoms with van der Waals surface area (Å²) in [5.41, 5.74) is 1.03. The van der Waals surface area contributed by atoms with Gasteiger partial charge in [0.2, 0.25) is 10.0 Å². The first-order valence-corrected chi connectivity index (χ1v) is 9.90. The Bertz CT molecular complexity index is 850. The average molecular weight is 374 g/mol. The van der Waals surface area contributed by atoms with E-state index < -0.39 is 10.0 Å². The SMILES string of the molecule is O=S(=O)(NCCc1ccc(-c2ccoc2)s1)c1ccc(Cl)s1. The lowest BCUT2D eigenvalue weighted by Gasteiger charge is -2.03. The fraction of sp³-hybridized carbons (Fsp3) is 0.143. The molecule has 0 aliphatic heterocycles. The lowest BCUT2D eigenvalue weighted by atomic mass is 10.3. The van der Waals surface area contributed by atoms with Crippen LogP contribution in [0, 0.1) is 0 Å². The Morgan fingerprint density at radius 1 is 1.14 bits per heavy atom. The third-order valence-electron chi connectivity index (χ3n) is 2.94. The van der Waals surface area contributed by atoms with Crippen LogP contribution in [0.25, 0.3) is 10.4 Å². The van der Waals surface area contributed by atoms with E-state index in [9.17, 15) is 8.42 Å². The van der Waals surface area contributed by atoms with E-state index in [2.05, 4.69) is 4.72 Å². The maximum atomic E-state index is 12.1. The molecule has 8 heteroatoms. The highest BCUT2D eigenvalue weighted by atomic mass is 35.5. The van der Waals surface area contributed by atoms with Gasteiger partial charge in [0.15, 0.2) is 0 Å². The minimum Gasteiger partial charge on any atom is -0.472 e. The zero-order chi connectivity index (χ0) is 15.6. The summed E-state index contributed by atoms with van der Waals surface area (Å²) in [6.45, 7) is 0.350. The van der Waals surface area contributed by atoms with Crippen molar-refractivity contribution in [1.29, 1.82) is 0 Å². The molecule has 0 amide bonds. The van der Waals surface area contributed by atoms with Crippen LogP contribution in [0.2, 0.25) is 4.34 Å². The lowest BCUT2D eigenvalue weighted by Crippen LogP contribution is -2.25. The topological polar surface area (TPSA) is 59.3 Å².